The van der Waals surface area contributed by atoms with E-state index in [9.17, 15) is 24.3 Å². The molecule has 0 aliphatic carbocycles. The van der Waals surface area contributed by atoms with E-state index in [0.717, 1.165) is 16.3 Å². The van der Waals surface area contributed by atoms with Gasteiger partial charge in [0.15, 0.2) is 11.9 Å². The summed E-state index contributed by atoms with van der Waals surface area (Å²) in [5.74, 6) is -2.72. The Kier molecular flexibility index (Phi) is 14.3. The van der Waals surface area contributed by atoms with Crippen LogP contribution < -0.4 is 49.9 Å². The summed E-state index contributed by atoms with van der Waals surface area (Å²) >= 11 is 0. The molecule has 0 aromatic heterocycles. The first-order chi connectivity index (χ1) is 25.4. The van der Waals surface area contributed by atoms with E-state index in [0.29, 0.717) is 18.4 Å². The van der Waals surface area contributed by atoms with Gasteiger partial charge in [-0.25, -0.2) is 0 Å². The van der Waals surface area contributed by atoms with E-state index in [4.69, 9.17) is 28.7 Å². The molecule has 3 aromatic rings. The third-order valence-electron chi connectivity index (χ3n) is 8.49. The topological polar surface area (TPSA) is 304 Å². The molecule has 17 nitrogen and oxygen atoms in total. The monoisotopic (exact) mass is 728 g/mol. The summed E-state index contributed by atoms with van der Waals surface area (Å²) in [6.07, 6.45) is 1.13. The van der Waals surface area contributed by atoms with Gasteiger partial charge in [0.05, 0.1) is 12.6 Å². The number of carbonyl (C=O) groups is 4. The van der Waals surface area contributed by atoms with Gasteiger partial charge in [0.1, 0.15) is 29.7 Å². The quantitative estimate of drug-likeness (QED) is 0.0600. The third-order valence-corrected chi connectivity index (χ3v) is 8.49. The summed E-state index contributed by atoms with van der Waals surface area (Å²) in [6, 6.07) is 15.5. The molecule has 1 aliphatic rings. The number of phenols is 1. The van der Waals surface area contributed by atoms with Crippen molar-refractivity contribution in [1.82, 2.24) is 21.3 Å². The molecule has 17 heteroatoms. The Balaban J connectivity index is 1.70. The maximum absolute atomic E-state index is 13.9. The largest absolute Gasteiger partial charge is 0.508 e. The molecule has 4 atom stereocenters. The number of phenolic OH excluding ortho intramolecular Hbond substituents is 1. The Morgan fingerprint density at radius 3 is 1.98 bits per heavy atom. The Hall–Kier alpha value is -6.39. The van der Waals surface area contributed by atoms with E-state index < -0.39 is 54.3 Å². The fourth-order valence-corrected chi connectivity index (χ4v) is 5.77. The van der Waals surface area contributed by atoms with Gasteiger partial charge in [-0.15, -0.1) is 0 Å². The highest BCUT2D eigenvalue weighted by Crippen LogP contribution is 2.18. The Bertz CT molecular complexity index is 1840. The van der Waals surface area contributed by atoms with Crippen LogP contribution in [0.25, 0.3) is 10.8 Å². The van der Waals surface area contributed by atoms with Gasteiger partial charge in [-0.1, -0.05) is 54.6 Å². The third kappa shape index (κ3) is 12.7. The summed E-state index contributed by atoms with van der Waals surface area (Å²) in [4.78, 5) is 67.4. The molecular formula is C36H48N12O5. The Morgan fingerprint density at radius 1 is 0.698 bits per heavy atom. The molecule has 3 aromatic carbocycles. The molecule has 0 radical (unpaired) electrons. The first-order valence-electron chi connectivity index (χ1n) is 17.2. The molecule has 15 N–H and O–H groups in total. The molecular weight excluding hydrogens is 680 g/mol. The van der Waals surface area contributed by atoms with Crippen LogP contribution in [0.5, 0.6) is 5.75 Å². The van der Waals surface area contributed by atoms with Crippen molar-refractivity contribution in [3.05, 3.63) is 77.9 Å². The van der Waals surface area contributed by atoms with Crippen LogP contribution in [0.2, 0.25) is 0 Å². The average molecular weight is 729 g/mol. The van der Waals surface area contributed by atoms with Gasteiger partial charge in [0.2, 0.25) is 23.6 Å². The minimum Gasteiger partial charge on any atom is -0.508 e. The number of nitrogens with two attached hydrogens (primary N) is 5. The molecule has 4 amide bonds. The number of fused-ring (bicyclic) bond motifs is 1. The number of guanidine groups is 2. The SMILES string of the molecule is NC(N)=NCCC[C@@H]1N=C(N)[C@@H](Cc2ccc(O)cc2)NC(=O)CNC(=O)[C@H](Cc2ccc3ccccc3c2)NC(=O)[C@H](CCCN=C(N)N)NC1=O. The van der Waals surface area contributed by atoms with Crippen LogP contribution in [-0.2, 0) is 32.0 Å². The predicted octanol–water partition coefficient (Wildman–Crippen LogP) is -1.25. The van der Waals surface area contributed by atoms with E-state index in [1.54, 1.807) is 12.1 Å². The van der Waals surface area contributed by atoms with Crippen molar-refractivity contribution in [2.75, 3.05) is 19.6 Å². The van der Waals surface area contributed by atoms with Gasteiger partial charge < -0.3 is 55.0 Å². The number of amides is 4. The molecule has 0 saturated heterocycles. The number of aromatic hydroxyl groups is 1. The lowest BCUT2D eigenvalue weighted by Gasteiger charge is -2.24. The van der Waals surface area contributed by atoms with Crippen molar-refractivity contribution in [3.63, 3.8) is 0 Å². The standard InChI is InChI=1S/C36H48N12O5/c37-31-28(18-21-10-13-25(49)14-11-21)45-30(50)20-44-32(51)29(19-22-9-12-23-5-1-2-6-24(23)17-22)48-34(53)27(8-4-16-43-36(40)41)47-33(52)26(46-31)7-3-15-42-35(38)39/h1-2,5-6,9-14,17,26-29,49H,3-4,7-8,15-16,18-20H2,(H2,37,46)(H,44,51)(H,45,50)(H,47,52)(H,48,53)(H4,38,39,42)(H4,40,41,43)/t26-,27-,28+,29-/m0/s1. The summed E-state index contributed by atoms with van der Waals surface area (Å²) in [7, 11) is 0. The minimum absolute atomic E-state index is 0.0518. The van der Waals surface area contributed by atoms with Gasteiger partial charge >= 0.3 is 0 Å². The smallest absolute Gasteiger partial charge is 0.245 e. The zero-order chi connectivity index (χ0) is 38.3. The number of amidine groups is 1. The second-order valence-electron chi connectivity index (χ2n) is 12.7. The maximum Gasteiger partial charge on any atom is 0.245 e. The predicted molar refractivity (Wildman–Crippen MR) is 203 cm³/mol. The van der Waals surface area contributed by atoms with Crippen LogP contribution in [-0.4, -0.2) is 90.3 Å². The summed E-state index contributed by atoms with van der Waals surface area (Å²) < 4.78 is 0. The highest BCUT2D eigenvalue weighted by atomic mass is 16.3. The first kappa shape index (κ1) is 39.4. The van der Waals surface area contributed by atoms with Crippen molar-refractivity contribution in [2.24, 2.45) is 43.6 Å². The number of rotatable bonds is 12. The molecule has 1 heterocycles. The van der Waals surface area contributed by atoms with Gasteiger partial charge in [0, 0.05) is 19.5 Å². The number of hydrogen-bond acceptors (Lipinski definition) is 9. The van der Waals surface area contributed by atoms with Crippen molar-refractivity contribution < 1.29 is 24.3 Å². The Labute approximate surface area is 306 Å². The lowest BCUT2D eigenvalue weighted by Crippen LogP contribution is -2.56. The number of hydrogen-bond donors (Lipinski definition) is 10. The molecule has 1 aliphatic heterocycles. The maximum atomic E-state index is 13.9. The zero-order valence-corrected chi connectivity index (χ0v) is 29.3. The van der Waals surface area contributed by atoms with Crippen LogP contribution in [0, 0.1) is 0 Å². The number of nitrogens with one attached hydrogen (secondary N) is 4. The average Bonchev–Trinajstić information content (AvgIpc) is 3.12. The van der Waals surface area contributed by atoms with Crippen molar-refractivity contribution in [3.8, 4) is 5.75 Å². The second-order valence-corrected chi connectivity index (χ2v) is 12.7. The van der Waals surface area contributed by atoms with E-state index in [1.807, 2.05) is 42.5 Å². The van der Waals surface area contributed by atoms with Gasteiger partial charge in [0.25, 0.3) is 0 Å². The van der Waals surface area contributed by atoms with Crippen molar-refractivity contribution in [2.45, 2.75) is 62.7 Å². The molecule has 53 heavy (non-hydrogen) atoms. The van der Waals surface area contributed by atoms with Crippen LogP contribution in [0.15, 0.2) is 81.7 Å². The molecule has 4 rings (SSSR count). The van der Waals surface area contributed by atoms with E-state index in [2.05, 4.69) is 36.2 Å². The summed E-state index contributed by atoms with van der Waals surface area (Å²) in [6.45, 7) is -0.0615. The van der Waals surface area contributed by atoms with Crippen LogP contribution in [0.1, 0.15) is 36.8 Å². The van der Waals surface area contributed by atoms with E-state index >= 15 is 0 Å². The van der Waals surface area contributed by atoms with Crippen LogP contribution >= 0.6 is 0 Å². The lowest BCUT2D eigenvalue weighted by molar-refractivity contribution is -0.133. The number of nitrogens with zero attached hydrogens (tertiary/aromatic N) is 3. The number of carbonyl (C=O) groups excluding carboxylic acids is 4. The van der Waals surface area contributed by atoms with Gasteiger partial charge in [-0.3, -0.25) is 34.2 Å². The van der Waals surface area contributed by atoms with Crippen molar-refractivity contribution >= 4 is 52.2 Å². The summed E-state index contributed by atoms with van der Waals surface area (Å²) in [5.41, 5.74) is 29.9. The molecule has 0 bridgehead atoms. The van der Waals surface area contributed by atoms with E-state index in [-0.39, 0.29) is 62.3 Å². The van der Waals surface area contributed by atoms with E-state index in [1.165, 1.54) is 12.1 Å². The first-order valence-corrected chi connectivity index (χ1v) is 17.2. The molecule has 0 unspecified atom stereocenters. The minimum atomic E-state index is -1.13. The molecule has 0 saturated carbocycles. The van der Waals surface area contributed by atoms with Crippen LogP contribution in [0.4, 0.5) is 0 Å². The molecule has 0 fully saturated rings. The Morgan fingerprint density at radius 2 is 1.30 bits per heavy atom. The highest BCUT2D eigenvalue weighted by molar-refractivity contribution is 5.97. The zero-order valence-electron chi connectivity index (χ0n) is 29.3. The van der Waals surface area contributed by atoms with Gasteiger partial charge in [-0.2, -0.15) is 0 Å². The fraction of sp³-hybridized carbons (Fsp3) is 0.361. The number of aliphatic imine (C=N–C) groups is 3. The van der Waals surface area contributed by atoms with Crippen molar-refractivity contribution in [1.29, 1.82) is 0 Å². The lowest BCUT2D eigenvalue weighted by atomic mass is 10.0. The normalized spacial score (nSPS) is 20.0. The van der Waals surface area contributed by atoms with Gasteiger partial charge in [-0.05, 0) is 66.1 Å². The fourth-order valence-electron chi connectivity index (χ4n) is 5.77. The molecule has 282 valence electrons. The second kappa shape index (κ2) is 19.3. The molecule has 0 spiro atoms. The summed E-state index contributed by atoms with van der Waals surface area (Å²) in [5, 5.41) is 22.8. The van der Waals surface area contributed by atoms with Crippen LogP contribution in [0.3, 0.4) is 0 Å². The highest BCUT2D eigenvalue weighted by Gasteiger charge is 2.31. The number of benzene rings is 3.